The number of hydrogen-bond acceptors (Lipinski definition) is 4. The Morgan fingerprint density at radius 1 is 1.05 bits per heavy atom. The van der Waals surface area contributed by atoms with Gasteiger partial charge in [-0.1, -0.05) is 5.16 Å². The van der Waals surface area contributed by atoms with E-state index in [9.17, 15) is 4.39 Å². The minimum atomic E-state index is -0.278. The summed E-state index contributed by atoms with van der Waals surface area (Å²) in [5.41, 5.74) is 3.28. The maximum absolute atomic E-state index is 13.1. The smallest absolute Gasteiger partial charge is 0.233 e. The topological polar surface area (TPSA) is 51.0 Å². The standard InChI is InChI=1S/C16H14FN3O/c1-2-19-16-14(11-7-9-18-10-8-11)15(20-21-16)12-3-5-13(17)6-4-12/h3-10,19H,2H2,1H3. The third kappa shape index (κ3) is 2.63. The van der Waals surface area contributed by atoms with Crippen LogP contribution < -0.4 is 5.32 Å². The highest BCUT2D eigenvalue weighted by molar-refractivity contribution is 5.87. The van der Waals surface area contributed by atoms with Crippen molar-refractivity contribution in [2.75, 3.05) is 11.9 Å². The van der Waals surface area contributed by atoms with E-state index in [0.717, 1.165) is 23.2 Å². The molecular weight excluding hydrogens is 269 g/mol. The number of nitrogens with one attached hydrogen (secondary N) is 1. The highest BCUT2D eigenvalue weighted by Crippen LogP contribution is 2.37. The molecule has 0 amide bonds. The number of aromatic nitrogens is 2. The van der Waals surface area contributed by atoms with Gasteiger partial charge in [-0.2, -0.15) is 0 Å². The fourth-order valence-electron chi connectivity index (χ4n) is 2.16. The van der Waals surface area contributed by atoms with Gasteiger partial charge in [-0.3, -0.25) is 4.98 Å². The van der Waals surface area contributed by atoms with Gasteiger partial charge in [-0.25, -0.2) is 4.39 Å². The first-order valence-electron chi connectivity index (χ1n) is 6.69. The Hall–Kier alpha value is -2.69. The van der Waals surface area contributed by atoms with Crippen LogP contribution in [0.25, 0.3) is 22.4 Å². The summed E-state index contributed by atoms with van der Waals surface area (Å²) in [6, 6.07) is 9.97. The number of anilines is 1. The fraction of sp³-hybridized carbons (Fsp3) is 0.125. The summed E-state index contributed by atoms with van der Waals surface area (Å²) in [4.78, 5) is 4.02. The Labute approximate surface area is 121 Å². The average molecular weight is 283 g/mol. The van der Waals surface area contributed by atoms with Crippen LogP contribution >= 0.6 is 0 Å². The summed E-state index contributed by atoms with van der Waals surface area (Å²) in [5.74, 6) is 0.322. The summed E-state index contributed by atoms with van der Waals surface area (Å²) in [6.07, 6.45) is 3.43. The first-order chi connectivity index (χ1) is 10.3. The van der Waals surface area contributed by atoms with Crippen LogP contribution in [0.5, 0.6) is 0 Å². The van der Waals surface area contributed by atoms with Crippen molar-refractivity contribution < 1.29 is 8.91 Å². The maximum Gasteiger partial charge on any atom is 0.233 e. The molecule has 21 heavy (non-hydrogen) atoms. The lowest BCUT2D eigenvalue weighted by molar-refractivity contribution is 0.435. The zero-order chi connectivity index (χ0) is 14.7. The van der Waals surface area contributed by atoms with Gasteiger partial charge in [0.1, 0.15) is 11.5 Å². The largest absolute Gasteiger partial charge is 0.354 e. The molecule has 2 aromatic heterocycles. The van der Waals surface area contributed by atoms with Gasteiger partial charge in [0, 0.05) is 24.5 Å². The summed E-state index contributed by atoms with van der Waals surface area (Å²) in [7, 11) is 0. The average Bonchev–Trinajstić information content (AvgIpc) is 2.93. The Morgan fingerprint density at radius 3 is 2.43 bits per heavy atom. The second kappa shape index (κ2) is 5.75. The summed E-state index contributed by atoms with van der Waals surface area (Å²) in [6.45, 7) is 2.70. The van der Waals surface area contributed by atoms with Gasteiger partial charge in [0.05, 0.1) is 5.56 Å². The molecule has 3 rings (SSSR count). The zero-order valence-electron chi connectivity index (χ0n) is 11.5. The zero-order valence-corrected chi connectivity index (χ0v) is 11.5. The number of benzene rings is 1. The van der Waals surface area contributed by atoms with E-state index in [0.29, 0.717) is 11.6 Å². The van der Waals surface area contributed by atoms with E-state index in [2.05, 4.69) is 15.5 Å². The molecule has 0 aliphatic heterocycles. The van der Waals surface area contributed by atoms with E-state index in [1.807, 2.05) is 19.1 Å². The van der Waals surface area contributed by atoms with E-state index in [1.165, 1.54) is 12.1 Å². The molecule has 0 unspecified atom stereocenters. The number of nitrogens with zero attached hydrogens (tertiary/aromatic N) is 2. The highest BCUT2D eigenvalue weighted by atomic mass is 19.1. The predicted octanol–water partition coefficient (Wildman–Crippen LogP) is 3.97. The van der Waals surface area contributed by atoms with Crippen molar-refractivity contribution in [3.05, 3.63) is 54.6 Å². The number of hydrogen-bond donors (Lipinski definition) is 1. The molecule has 0 aliphatic rings. The van der Waals surface area contributed by atoms with Gasteiger partial charge in [0.15, 0.2) is 0 Å². The molecule has 0 saturated carbocycles. The van der Waals surface area contributed by atoms with Crippen molar-refractivity contribution in [3.8, 4) is 22.4 Å². The molecule has 1 aromatic carbocycles. The molecule has 0 atom stereocenters. The van der Waals surface area contributed by atoms with E-state index in [-0.39, 0.29) is 5.82 Å². The van der Waals surface area contributed by atoms with Gasteiger partial charge in [-0.05, 0) is 48.9 Å². The van der Waals surface area contributed by atoms with Crippen molar-refractivity contribution >= 4 is 5.88 Å². The molecular formula is C16H14FN3O. The molecule has 0 spiro atoms. The minimum Gasteiger partial charge on any atom is -0.354 e. The lowest BCUT2D eigenvalue weighted by Gasteiger charge is -2.05. The van der Waals surface area contributed by atoms with Crippen molar-refractivity contribution in [2.45, 2.75) is 6.92 Å². The Kier molecular flexibility index (Phi) is 3.64. The second-order valence-electron chi connectivity index (χ2n) is 4.51. The normalized spacial score (nSPS) is 10.6. The summed E-state index contributed by atoms with van der Waals surface area (Å²) >= 11 is 0. The van der Waals surface area contributed by atoms with Crippen molar-refractivity contribution in [2.24, 2.45) is 0 Å². The SMILES string of the molecule is CCNc1onc(-c2ccc(F)cc2)c1-c1ccncc1. The Balaban J connectivity index is 2.15. The first kappa shape index (κ1) is 13.3. The van der Waals surface area contributed by atoms with Crippen LogP contribution in [0.15, 0.2) is 53.3 Å². The molecule has 106 valence electrons. The molecule has 4 nitrogen and oxygen atoms in total. The lowest BCUT2D eigenvalue weighted by atomic mass is 10.0. The minimum absolute atomic E-state index is 0.278. The maximum atomic E-state index is 13.1. The van der Waals surface area contributed by atoms with Crippen molar-refractivity contribution in [1.82, 2.24) is 10.1 Å². The molecule has 0 saturated heterocycles. The molecule has 0 radical (unpaired) electrons. The van der Waals surface area contributed by atoms with Gasteiger partial charge in [-0.15, -0.1) is 0 Å². The van der Waals surface area contributed by atoms with Crippen LogP contribution in [-0.4, -0.2) is 16.7 Å². The van der Waals surface area contributed by atoms with Gasteiger partial charge >= 0.3 is 0 Å². The van der Waals surface area contributed by atoms with E-state index in [1.54, 1.807) is 24.5 Å². The molecule has 1 N–H and O–H groups in total. The van der Waals surface area contributed by atoms with Crippen LogP contribution in [-0.2, 0) is 0 Å². The molecule has 0 bridgehead atoms. The van der Waals surface area contributed by atoms with Crippen LogP contribution in [0.3, 0.4) is 0 Å². The van der Waals surface area contributed by atoms with E-state index in [4.69, 9.17) is 4.52 Å². The fourth-order valence-corrected chi connectivity index (χ4v) is 2.16. The molecule has 3 aromatic rings. The number of halogens is 1. The third-order valence-electron chi connectivity index (χ3n) is 3.12. The van der Waals surface area contributed by atoms with Crippen LogP contribution in [0.1, 0.15) is 6.92 Å². The Bertz CT molecular complexity index is 723. The van der Waals surface area contributed by atoms with E-state index >= 15 is 0 Å². The van der Waals surface area contributed by atoms with Crippen molar-refractivity contribution in [1.29, 1.82) is 0 Å². The first-order valence-corrected chi connectivity index (χ1v) is 6.69. The van der Waals surface area contributed by atoms with E-state index < -0.39 is 0 Å². The summed E-state index contributed by atoms with van der Waals surface area (Å²) < 4.78 is 18.5. The summed E-state index contributed by atoms with van der Waals surface area (Å²) in [5, 5.41) is 7.28. The second-order valence-corrected chi connectivity index (χ2v) is 4.51. The van der Waals surface area contributed by atoms with Crippen LogP contribution in [0.2, 0.25) is 0 Å². The van der Waals surface area contributed by atoms with Crippen LogP contribution in [0, 0.1) is 5.82 Å². The quantitative estimate of drug-likeness (QED) is 0.787. The third-order valence-corrected chi connectivity index (χ3v) is 3.12. The highest BCUT2D eigenvalue weighted by Gasteiger charge is 2.18. The van der Waals surface area contributed by atoms with Crippen molar-refractivity contribution in [3.63, 3.8) is 0 Å². The monoisotopic (exact) mass is 283 g/mol. The predicted molar refractivity (Wildman–Crippen MR) is 79.3 cm³/mol. The van der Waals surface area contributed by atoms with Gasteiger partial charge in [0.25, 0.3) is 0 Å². The van der Waals surface area contributed by atoms with Gasteiger partial charge < -0.3 is 9.84 Å². The van der Waals surface area contributed by atoms with Gasteiger partial charge in [0.2, 0.25) is 5.88 Å². The van der Waals surface area contributed by atoms with Crippen LogP contribution in [0.4, 0.5) is 10.3 Å². The molecule has 2 heterocycles. The Morgan fingerprint density at radius 2 is 1.76 bits per heavy atom. The molecule has 0 fully saturated rings. The number of pyridine rings is 1. The molecule has 0 aliphatic carbocycles. The molecule has 5 heteroatoms. The number of rotatable bonds is 4. The lowest BCUT2D eigenvalue weighted by Crippen LogP contribution is -1.96.